The molecular weight excluding hydrogens is 349 g/mol. The molecule has 0 radical (unpaired) electrons. The first-order valence-corrected chi connectivity index (χ1v) is 7.75. The maximum atomic E-state index is 12.9. The zero-order chi connectivity index (χ0) is 16.7. The van der Waals surface area contributed by atoms with Crippen molar-refractivity contribution in [1.82, 2.24) is 9.29 Å². The fraction of sp³-hybridized carbons (Fsp3) is 0.455. The first kappa shape index (κ1) is 17.0. The molecule has 22 heavy (non-hydrogen) atoms. The van der Waals surface area contributed by atoms with E-state index in [4.69, 9.17) is 16.7 Å². The second-order valence-corrected chi connectivity index (χ2v) is 7.13. The Morgan fingerprint density at radius 2 is 2.00 bits per heavy atom. The molecule has 6 nitrogen and oxygen atoms in total. The molecule has 0 unspecified atom stereocenters. The zero-order valence-corrected chi connectivity index (χ0v) is 12.4. The van der Waals surface area contributed by atoms with E-state index in [2.05, 4.69) is 4.98 Å². The van der Waals surface area contributed by atoms with E-state index in [-0.39, 0.29) is 9.92 Å². The number of carboxylic acids is 1. The normalized spacial score (nSPS) is 23.6. The highest BCUT2D eigenvalue weighted by Crippen LogP contribution is 2.39. The van der Waals surface area contributed by atoms with Gasteiger partial charge in [-0.1, -0.05) is 11.6 Å². The fourth-order valence-corrected chi connectivity index (χ4v) is 3.95. The number of nitrogens with zero attached hydrogens (tertiary/aromatic N) is 2. The minimum atomic E-state index is -4.81. The highest BCUT2D eigenvalue weighted by Gasteiger charge is 2.55. The van der Waals surface area contributed by atoms with Gasteiger partial charge in [0, 0.05) is 25.5 Å². The van der Waals surface area contributed by atoms with Crippen LogP contribution in [0.15, 0.2) is 23.4 Å². The van der Waals surface area contributed by atoms with Crippen LogP contribution in [-0.4, -0.2) is 48.0 Å². The molecule has 0 bridgehead atoms. The number of carbonyl (C=O) groups is 1. The molecule has 0 spiro atoms. The summed E-state index contributed by atoms with van der Waals surface area (Å²) in [6.07, 6.45) is -2.69. The van der Waals surface area contributed by atoms with Crippen LogP contribution in [0.3, 0.4) is 0 Å². The Labute approximate surface area is 128 Å². The molecule has 0 aromatic carbocycles. The van der Waals surface area contributed by atoms with Crippen molar-refractivity contribution in [2.75, 3.05) is 13.1 Å². The molecule has 2 rings (SSSR count). The zero-order valence-electron chi connectivity index (χ0n) is 10.8. The SMILES string of the molecule is O=C(O)[C@@H]1CN(S(=O)(=O)c2cncc(Cl)c2)C[C@H]1C(F)(F)F. The van der Waals surface area contributed by atoms with E-state index in [9.17, 15) is 26.4 Å². The first-order chi connectivity index (χ1) is 10.0. The highest BCUT2D eigenvalue weighted by atomic mass is 35.5. The molecule has 1 aromatic rings. The molecule has 1 fully saturated rings. The summed E-state index contributed by atoms with van der Waals surface area (Å²) < 4.78 is 63.7. The molecule has 0 amide bonds. The van der Waals surface area contributed by atoms with Crippen molar-refractivity contribution in [3.05, 3.63) is 23.5 Å². The summed E-state index contributed by atoms with van der Waals surface area (Å²) >= 11 is 5.62. The van der Waals surface area contributed by atoms with Gasteiger partial charge in [0.05, 0.1) is 16.9 Å². The number of halogens is 4. The smallest absolute Gasteiger partial charge is 0.393 e. The Bertz CT molecular complexity index is 695. The van der Waals surface area contributed by atoms with Crippen molar-refractivity contribution in [3.63, 3.8) is 0 Å². The summed E-state index contributed by atoms with van der Waals surface area (Å²) in [5.41, 5.74) is 0. The van der Waals surface area contributed by atoms with Crippen molar-refractivity contribution in [1.29, 1.82) is 0 Å². The van der Waals surface area contributed by atoms with Gasteiger partial charge in [0.25, 0.3) is 0 Å². The number of hydrogen-bond acceptors (Lipinski definition) is 4. The quantitative estimate of drug-likeness (QED) is 0.887. The molecule has 2 atom stereocenters. The Morgan fingerprint density at radius 1 is 1.36 bits per heavy atom. The van der Waals surface area contributed by atoms with Crippen LogP contribution in [0.1, 0.15) is 0 Å². The van der Waals surface area contributed by atoms with Crippen LogP contribution >= 0.6 is 11.6 Å². The van der Waals surface area contributed by atoms with E-state index < -0.39 is 47.1 Å². The van der Waals surface area contributed by atoms with E-state index >= 15 is 0 Å². The second-order valence-electron chi connectivity index (χ2n) is 4.75. The molecule has 1 saturated heterocycles. The monoisotopic (exact) mass is 358 g/mol. The summed E-state index contributed by atoms with van der Waals surface area (Å²) in [5, 5.41) is 8.89. The maximum absolute atomic E-state index is 12.9. The van der Waals surface area contributed by atoms with Crippen LogP contribution < -0.4 is 0 Å². The maximum Gasteiger partial charge on any atom is 0.393 e. The van der Waals surface area contributed by atoms with Gasteiger partial charge >= 0.3 is 12.1 Å². The minimum absolute atomic E-state index is 0.00225. The van der Waals surface area contributed by atoms with Gasteiger partial charge in [0.2, 0.25) is 10.0 Å². The summed E-state index contributed by atoms with van der Waals surface area (Å²) in [7, 11) is -4.30. The first-order valence-electron chi connectivity index (χ1n) is 5.93. The predicted molar refractivity (Wildman–Crippen MR) is 68.7 cm³/mol. The van der Waals surface area contributed by atoms with Crippen LogP contribution in [-0.2, 0) is 14.8 Å². The molecule has 122 valence electrons. The van der Waals surface area contributed by atoms with Gasteiger partial charge in [-0.3, -0.25) is 9.78 Å². The molecule has 0 saturated carbocycles. The molecule has 1 aliphatic rings. The number of hydrogen-bond donors (Lipinski definition) is 1. The highest BCUT2D eigenvalue weighted by molar-refractivity contribution is 7.89. The average Bonchev–Trinajstić information content (AvgIpc) is 2.84. The lowest BCUT2D eigenvalue weighted by Crippen LogP contribution is -2.34. The third-order valence-corrected chi connectivity index (χ3v) is 5.35. The average molecular weight is 359 g/mol. The van der Waals surface area contributed by atoms with Gasteiger partial charge in [0.1, 0.15) is 4.90 Å². The lowest BCUT2D eigenvalue weighted by Gasteiger charge is -2.18. The van der Waals surface area contributed by atoms with Crippen molar-refractivity contribution in [3.8, 4) is 0 Å². The minimum Gasteiger partial charge on any atom is -0.481 e. The van der Waals surface area contributed by atoms with Crippen molar-refractivity contribution in [2.24, 2.45) is 11.8 Å². The summed E-state index contributed by atoms with van der Waals surface area (Å²) in [5.74, 6) is -5.79. The largest absolute Gasteiger partial charge is 0.481 e. The van der Waals surface area contributed by atoms with Crippen LogP contribution in [0, 0.1) is 11.8 Å². The Morgan fingerprint density at radius 3 is 2.45 bits per heavy atom. The molecule has 1 aliphatic heterocycles. The van der Waals surface area contributed by atoms with E-state index in [1.807, 2.05) is 0 Å². The Kier molecular flexibility index (Phi) is 4.37. The van der Waals surface area contributed by atoms with Gasteiger partial charge in [-0.25, -0.2) is 8.42 Å². The van der Waals surface area contributed by atoms with Crippen LogP contribution in [0.2, 0.25) is 5.02 Å². The third kappa shape index (κ3) is 3.18. The number of sulfonamides is 1. The second kappa shape index (κ2) is 5.67. The molecule has 11 heteroatoms. The van der Waals surface area contributed by atoms with E-state index in [1.165, 1.54) is 6.20 Å². The number of alkyl halides is 3. The van der Waals surface area contributed by atoms with E-state index in [0.29, 0.717) is 4.31 Å². The molecule has 2 heterocycles. The summed E-state index contributed by atoms with van der Waals surface area (Å²) in [6, 6.07) is 1.04. The predicted octanol–water partition coefficient (Wildman–Crippen LogP) is 1.62. The number of rotatable bonds is 3. The fourth-order valence-electron chi connectivity index (χ4n) is 2.23. The summed E-state index contributed by atoms with van der Waals surface area (Å²) in [6.45, 7) is -1.70. The lowest BCUT2D eigenvalue weighted by atomic mass is 9.96. The molecule has 1 N–H and O–H groups in total. The van der Waals surface area contributed by atoms with Crippen molar-refractivity contribution >= 4 is 27.6 Å². The molecular formula is C11H10ClF3N2O4S. The number of aromatic nitrogens is 1. The molecule has 0 aliphatic carbocycles. The Hall–Kier alpha value is -1.39. The molecule has 1 aromatic heterocycles. The van der Waals surface area contributed by atoms with Gasteiger partial charge in [-0.15, -0.1) is 0 Å². The van der Waals surface area contributed by atoms with Crippen LogP contribution in [0.5, 0.6) is 0 Å². The third-order valence-electron chi connectivity index (χ3n) is 3.34. The lowest BCUT2D eigenvalue weighted by molar-refractivity contribution is -0.187. The van der Waals surface area contributed by atoms with Gasteiger partial charge in [-0.05, 0) is 6.07 Å². The summed E-state index contributed by atoms with van der Waals surface area (Å²) in [4.78, 5) is 14.2. The van der Waals surface area contributed by atoms with Crippen LogP contribution in [0.25, 0.3) is 0 Å². The van der Waals surface area contributed by atoms with E-state index in [1.54, 1.807) is 0 Å². The van der Waals surface area contributed by atoms with Crippen LogP contribution in [0.4, 0.5) is 13.2 Å². The standard InChI is InChI=1S/C11H10ClF3N2O4S/c12-6-1-7(3-16-2-6)22(20,21)17-4-8(10(18)19)9(5-17)11(13,14)15/h1-3,8-9H,4-5H2,(H,18,19)/t8-,9-/m1/s1. The van der Waals surface area contributed by atoms with Crippen molar-refractivity contribution < 1.29 is 31.5 Å². The number of pyridine rings is 1. The topological polar surface area (TPSA) is 87.6 Å². The van der Waals surface area contributed by atoms with Gasteiger partial charge in [-0.2, -0.15) is 17.5 Å². The van der Waals surface area contributed by atoms with Crippen molar-refractivity contribution in [2.45, 2.75) is 11.1 Å². The number of aliphatic carboxylic acids is 1. The number of carboxylic acid groups (broad SMARTS) is 1. The Balaban J connectivity index is 2.36. The van der Waals surface area contributed by atoms with Gasteiger partial charge < -0.3 is 5.11 Å². The van der Waals surface area contributed by atoms with Gasteiger partial charge in [0.15, 0.2) is 0 Å². The van der Waals surface area contributed by atoms with E-state index in [0.717, 1.165) is 12.3 Å².